The van der Waals surface area contributed by atoms with E-state index in [1.807, 2.05) is 0 Å². The van der Waals surface area contributed by atoms with E-state index in [-0.39, 0.29) is 22.8 Å². The van der Waals surface area contributed by atoms with Crippen LogP contribution in [0.5, 0.6) is 5.75 Å². The summed E-state index contributed by atoms with van der Waals surface area (Å²) in [6, 6.07) is 9.99. The predicted octanol–water partition coefficient (Wildman–Crippen LogP) is 4.45. The zero-order valence-electron chi connectivity index (χ0n) is 13.5. The van der Waals surface area contributed by atoms with Crippen LogP contribution >= 0.6 is 11.6 Å². The Kier molecular flexibility index (Phi) is 4.03. The summed E-state index contributed by atoms with van der Waals surface area (Å²) >= 11 is 6.12. The van der Waals surface area contributed by atoms with Crippen molar-refractivity contribution in [2.75, 3.05) is 0 Å². The van der Waals surface area contributed by atoms with Crippen molar-refractivity contribution in [3.8, 4) is 17.1 Å². The molecule has 1 aliphatic heterocycles. The summed E-state index contributed by atoms with van der Waals surface area (Å²) in [7, 11) is 0. The highest BCUT2D eigenvalue weighted by molar-refractivity contribution is 6.31. The number of nitrogens with one attached hydrogen (secondary N) is 1. The number of H-pyrrole nitrogens is 1. The van der Waals surface area contributed by atoms with E-state index in [4.69, 9.17) is 16.3 Å². The molecule has 27 heavy (non-hydrogen) atoms. The topological polar surface area (TPSA) is 75.2 Å². The van der Waals surface area contributed by atoms with E-state index in [2.05, 4.69) is 9.97 Å². The summed E-state index contributed by atoms with van der Waals surface area (Å²) in [6.45, 7) is 0. The van der Waals surface area contributed by atoms with Gasteiger partial charge in [-0.15, -0.1) is 0 Å². The summed E-state index contributed by atoms with van der Waals surface area (Å²) in [5.41, 5.74) is 1.89. The van der Waals surface area contributed by atoms with Gasteiger partial charge in [0.05, 0.1) is 16.6 Å². The van der Waals surface area contributed by atoms with Crippen LogP contribution in [0.25, 0.3) is 22.4 Å². The molecule has 1 aromatic heterocycles. The van der Waals surface area contributed by atoms with Crippen LogP contribution in [0.3, 0.4) is 0 Å². The number of hydrogen-bond acceptors (Lipinski definition) is 3. The van der Waals surface area contributed by atoms with Crippen LogP contribution in [-0.2, 0) is 11.2 Å². The van der Waals surface area contributed by atoms with Crippen molar-refractivity contribution in [1.29, 1.82) is 0 Å². The zero-order chi connectivity index (χ0) is 19.3. The van der Waals surface area contributed by atoms with Gasteiger partial charge in [-0.2, -0.15) is 13.2 Å². The van der Waals surface area contributed by atoms with Crippen molar-refractivity contribution in [2.45, 2.75) is 18.7 Å². The summed E-state index contributed by atoms with van der Waals surface area (Å²) in [5.74, 6) is -3.09. The Morgan fingerprint density at radius 3 is 2.70 bits per heavy atom. The summed E-state index contributed by atoms with van der Waals surface area (Å²) in [5, 5.41) is 9.47. The first kappa shape index (κ1) is 17.7. The maximum Gasteiger partial charge on any atom is 0.426 e. The number of carboxylic acids is 1. The maximum atomic E-state index is 13.4. The number of imidazole rings is 1. The lowest BCUT2D eigenvalue weighted by molar-refractivity contribution is -0.217. The molecule has 9 heteroatoms. The minimum Gasteiger partial charge on any atom is -0.481 e. The van der Waals surface area contributed by atoms with Crippen LogP contribution < -0.4 is 4.74 Å². The molecule has 2 N–H and O–H groups in total. The van der Waals surface area contributed by atoms with Crippen LogP contribution in [0, 0.1) is 5.92 Å². The van der Waals surface area contributed by atoms with E-state index in [1.54, 1.807) is 24.3 Å². The van der Waals surface area contributed by atoms with Gasteiger partial charge in [0, 0.05) is 5.02 Å². The van der Waals surface area contributed by atoms with Gasteiger partial charge in [0.2, 0.25) is 6.10 Å². The molecule has 4 rings (SSSR count). The third kappa shape index (κ3) is 3.10. The molecule has 0 fully saturated rings. The molecule has 0 spiro atoms. The fourth-order valence-corrected chi connectivity index (χ4v) is 3.50. The van der Waals surface area contributed by atoms with E-state index in [1.165, 1.54) is 12.1 Å². The number of rotatable bonds is 2. The fraction of sp³-hybridized carbons (Fsp3) is 0.222. The minimum atomic E-state index is -4.83. The van der Waals surface area contributed by atoms with Gasteiger partial charge in [-0.3, -0.25) is 4.79 Å². The van der Waals surface area contributed by atoms with Crippen molar-refractivity contribution in [2.24, 2.45) is 5.92 Å². The molecule has 0 radical (unpaired) electrons. The maximum absolute atomic E-state index is 13.4. The lowest BCUT2D eigenvalue weighted by Gasteiger charge is -2.33. The Morgan fingerprint density at radius 1 is 1.30 bits per heavy atom. The van der Waals surface area contributed by atoms with Gasteiger partial charge in [0.15, 0.2) is 0 Å². The molecule has 0 saturated carbocycles. The Morgan fingerprint density at radius 2 is 2.04 bits per heavy atom. The van der Waals surface area contributed by atoms with Crippen molar-refractivity contribution in [3.63, 3.8) is 0 Å². The van der Waals surface area contributed by atoms with Gasteiger partial charge in [0.25, 0.3) is 0 Å². The van der Waals surface area contributed by atoms with Crippen LogP contribution in [-0.4, -0.2) is 33.3 Å². The quantitative estimate of drug-likeness (QED) is 0.671. The summed E-state index contributed by atoms with van der Waals surface area (Å²) in [6.07, 6.45) is -7.62. The number of nitrogens with zero attached hydrogens (tertiary/aromatic N) is 1. The number of ether oxygens (including phenoxy) is 1. The van der Waals surface area contributed by atoms with Crippen LogP contribution in [0.1, 0.15) is 5.56 Å². The molecule has 0 saturated heterocycles. The number of carboxylic acid groups (broad SMARTS) is 1. The lowest BCUT2D eigenvalue weighted by atomic mass is 9.89. The number of hydrogen-bond donors (Lipinski definition) is 2. The molecule has 5 nitrogen and oxygen atoms in total. The van der Waals surface area contributed by atoms with Gasteiger partial charge >= 0.3 is 12.1 Å². The third-order valence-corrected chi connectivity index (χ3v) is 4.68. The Balaban J connectivity index is 1.88. The highest BCUT2D eigenvalue weighted by Gasteiger charge is 2.52. The first-order valence-electron chi connectivity index (χ1n) is 7.98. The third-order valence-electron chi connectivity index (χ3n) is 4.47. The molecule has 2 atom stereocenters. The number of carbonyl (C=O) groups is 1. The van der Waals surface area contributed by atoms with E-state index in [0.29, 0.717) is 22.4 Å². The van der Waals surface area contributed by atoms with E-state index in [9.17, 15) is 23.1 Å². The largest absolute Gasteiger partial charge is 0.481 e. The number of halogens is 4. The predicted molar refractivity (Wildman–Crippen MR) is 91.8 cm³/mol. The first-order valence-corrected chi connectivity index (χ1v) is 8.35. The monoisotopic (exact) mass is 396 g/mol. The highest BCUT2D eigenvalue weighted by atomic mass is 35.5. The number of alkyl halides is 3. The number of benzene rings is 2. The SMILES string of the molecule is O=C(O)C1Cc2cc(Cl)cc(-c3nc4ccccc4[nH]3)c2OC1C(F)(F)F. The average Bonchev–Trinajstić information content (AvgIpc) is 3.02. The van der Waals surface area contributed by atoms with Crippen molar-refractivity contribution in [3.05, 3.63) is 47.0 Å². The standard InChI is InChI=1S/C18H12ClF3N2O3/c19-9-5-8-6-11(17(25)26)15(18(20,21)22)27-14(8)10(7-9)16-23-12-3-1-2-4-13(12)24-16/h1-5,7,11,15H,6H2,(H,23,24)(H,25,26). The average molecular weight is 397 g/mol. The normalized spacial score (nSPS) is 19.6. The molecule has 140 valence electrons. The second-order valence-corrected chi connectivity index (χ2v) is 6.71. The van der Waals surface area contributed by atoms with Crippen LogP contribution in [0.2, 0.25) is 5.02 Å². The molecule has 2 aromatic carbocycles. The van der Waals surface area contributed by atoms with Crippen LogP contribution in [0.15, 0.2) is 36.4 Å². The van der Waals surface area contributed by atoms with E-state index >= 15 is 0 Å². The van der Waals surface area contributed by atoms with Crippen LogP contribution in [0.4, 0.5) is 13.2 Å². The lowest BCUT2D eigenvalue weighted by Crippen LogP contribution is -2.47. The molecule has 0 amide bonds. The molecule has 0 aliphatic carbocycles. The number of aromatic amines is 1. The molecule has 2 heterocycles. The second-order valence-electron chi connectivity index (χ2n) is 6.27. The molecule has 2 unspecified atom stereocenters. The molecular formula is C18H12ClF3N2O3. The van der Waals surface area contributed by atoms with Crippen molar-refractivity contribution in [1.82, 2.24) is 9.97 Å². The molecule has 0 bridgehead atoms. The fourth-order valence-electron chi connectivity index (χ4n) is 3.26. The number of para-hydroxylation sites is 2. The highest BCUT2D eigenvalue weighted by Crippen LogP contribution is 2.44. The van der Waals surface area contributed by atoms with Gasteiger partial charge in [-0.1, -0.05) is 23.7 Å². The van der Waals surface area contributed by atoms with Gasteiger partial charge in [0.1, 0.15) is 17.5 Å². The molecular weight excluding hydrogens is 385 g/mol. The summed E-state index contributed by atoms with van der Waals surface area (Å²) in [4.78, 5) is 18.8. The molecule has 1 aliphatic rings. The Bertz CT molecular complexity index is 1010. The second kappa shape index (κ2) is 6.16. The Labute approximate surface area is 155 Å². The smallest absolute Gasteiger partial charge is 0.426 e. The first-order chi connectivity index (χ1) is 12.7. The number of aromatic nitrogens is 2. The molecule has 3 aromatic rings. The minimum absolute atomic E-state index is 0.0571. The van der Waals surface area contributed by atoms with Gasteiger partial charge in [-0.25, -0.2) is 4.98 Å². The van der Waals surface area contributed by atoms with Gasteiger partial charge < -0.3 is 14.8 Å². The van der Waals surface area contributed by atoms with E-state index < -0.39 is 24.2 Å². The number of aliphatic carboxylic acids is 1. The van der Waals surface area contributed by atoms with Crippen molar-refractivity contribution < 1.29 is 27.8 Å². The van der Waals surface area contributed by atoms with Gasteiger partial charge in [-0.05, 0) is 36.2 Å². The zero-order valence-corrected chi connectivity index (χ0v) is 14.3. The van der Waals surface area contributed by atoms with E-state index in [0.717, 1.165) is 0 Å². The van der Waals surface area contributed by atoms with Crippen molar-refractivity contribution >= 4 is 28.6 Å². The number of fused-ring (bicyclic) bond motifs is 2. The Hall–Kier alpha value is -2.74. The summed E-state index contributed by atoms with van der Waals surface area (Å²) < 4.78 is 45.3.